The first-order valence-electron chi connectivity index (χ1n) is 6.54. The van der Waals surface area contributed by atoms with E-state index < -0.39 is 0 Å². The Kier molecular flexibility index (Phi) is 3.80. The van der Waals surface area contributed by atoms with Crippen molar-refractivity contribution in [2.75, 3.05) is 30.4 Å². The fourth-order valence-electron chi connectivity index (χ4n) is 2.15. The van der Waals surface area contributed by atoms with Gasteiger partial charge in [0.2, 0.25) is 5.88 Å². The smallest absolute Gasteiger partial charge is 0.242 e. The summed E-state index contributed by atoms with van der Waals surface area (Å²) in [6.07, 6.45) is 1.53. The average Bonchev–Trinajstić information content (AvgIpc) is 2.31. The van der Waals surface area contributed by atoms with Gasteiger partial charge in [-0.05, 0) is 27.7 Å². The van der Waals surface area contributed by atoms with Gasteiger partial charge >= 0.3 is 0 Å². The number of nitrogens with two attached hydrogens (primary N) is 1. The predicted octanol–water partition coefficient (Wildman–Crippen LogP) is 1.46. The van der Waals surface area contributed by atoms with Crippen molar-refractivity contribution in [1.29, 1.82) is 0 Å². The fourth-order valence-corrected chi connectivity index (χ4v) is 2.15. The molecule has 1 aliphatic heterocycles. The minimum Gasteiger partial charge on any atom is -0.473 e. The van der Waals surface area contributed by atoms with Gasteiger partial charge in [0.15, 0.2) is 5.82 Å². The summed E-state index contributed by atoms with van der Waals surface area (Å²) >= 11 is 0. The van der Waals surface area contributed by atoms with Gasteiger partial charge < -0.3 is 20.1 Å². The summed E-state index contributed by atoms with van der Waals surface area (Å²) in [6, 6.07) is 0. The Labute approximate surface area is 113 Å². The standard InChI is InChI=1S/C13H22N4O2/c1-9(2)19-12-10(14)11(15-8-16-12)17-5-6-18-7-13(17,3)4/h8-9H,5-7,14H2,1-4H3. The Bertz CT molecular complexity index is 448. The number of hydrogen-bond donors (Lipinski definition) is 1. The number of hydrogen-bond acceptors (Lipinski definition) is 6. The molecule has 2 N–H and O–H groups in total. The predicted molar refractivity (Wildman–Crippen MR) is 74.5 cm³/mol. The van der Waals surface area contributed by atoms with Gasteiger partial charge in [-0.15, -0.1) is 0 Å². The van der Waals surface area contributed by atoms with Crippen LogP contribution in [0.2, 0.25) is 0 Å². The van der Waals surface area contributed by atoms with Crippen molar-refractivity contribution in [2.45, 2.75) is 39.3 Å². The summed E-state index contributed by atoms with van der Waals surface area (Å²) < 4.78 is 11.1. The molecule has 2 heterocycles. The normalized spacial score (nSPS) is 18.7. The van der Waals surface area contributed by atoms with E-state index in [1.807, 2.05) is 13.8 Å². The van der Waals surface area contributed by atoms with Gasteiger partial charge in [0.05, 0.1) is 24.9 Å². The number of rotatable bonds is 3. The van der Waals surface area contributed by atoms with Crippen LogP contribution in [0.4, 0.5) is 11.5 Å². The number of nitrogens with zero attached hydrogens (tertiary/aromatic N) is 3. The number of anilines is 2. The number of morpholine rings is 1. The second-order valence-electron chi connectivity index (χ2n) is 5.60. The highest BCUT2D eigenvalue weighted by molar-refractivity contribution is 5.68. The maximum Gasteiger partial charge on any atom is 0.242 e. The van der Waals surface area contributed by atoms with E-state index in [4.69, 9.17) is 15.2 Å². The molecule has 0 aromatic carbocycles. The molecule has 106 valence electrons. The summed E-state index contributed by atoms with van der Waals surface area (Å²) in [6.45, 7) is 10.2. The first kappa shape index (κ1) is 13.9. The maximum atomic E-state index is 6.15. The van der Waals surface area contributed by atoms with E-state index in [-0.39, 0.29) is 11.6 Å². The Morgan fingerprint density at radius 3 is 2.79 bits per heavy atom. The van der Waals surface area contributed by atoms with Crippen LogP contribution in [0.5, 0.6) is 5.88 Å². The summed E-state index contributed by atoms with van der Waals surface area (Å²) in [4.78, 5) is 10.6. The monoisotopic (exact) mass is 266 g/mol. The zero-order valence-electron chi connectivity index (χ0n) is 12.0. The van der Waals surface area contributed by atoms with Crippen molar-refractivity contribution in [1.82, 2.24) is 9.97 Å². The summed E-state index contributed by atoms with van der Waals surface area (Å²) in [5.41, 5.74) is 6.50. The van der Waals surface area contributed by atoms with E-state index in [0.717, 1.165) is 12.4 Å². The molecule has 0 unspecified atom stereocenters. The second kappa shape index (κ2) is 5.21. The van der Waals surface area contributed by atoms with E-state index in [0.29, 0.717) is 24.8 Å². The molecule has 0 atom stereocenters. The van der Waals surface area contributed by atoms with Crippen LogP contribution in [-0.4, -0.2) is 41.4 Å². The molecule has 0 spiro atoms. The van der Waals surface area contributed by atoms with Crippen molar-refractivity contribution in [3.63, 3.8) is 0 Å². The van der Waals surface area contributed by atoms with Crippen molar-refractivity contribution in [3.8, 4) is 5.88 Å². The molecule has 0 radical (unpaired) electrons. The van der Waals surface area contributed by atoms with Gasteiger partial charge in [-0.3, -0.25) is 0 Å². The topological polar surface area (TPSA) is 73.5 Å². The van der Waals surface area contributed by atoms with Gasteiger partial charge in [-0.1, -0.05) is 0 Å². The molecule has 1 saturated heterocycles. The summed E-state index contributed by atoms with van der Waals surface area (Å²) in [5.74, 6) is 1.17. The highest BCUT2D eigenvalue weighted by Crippen LogP contribution is 2.33. The molecule has 1 aliphatic rings. The van der Waals surface area contributed by atoms with Crippen LogP contribution in [0, 0.1) is 0 Å². The van der Waals surface area contributed by atoms with Gasteiger partial charge in [-0.25, -0.2) is 4.98 Å². The van der Waals surface area contributed by atoms with E-state index in [9.17, 15) is 0 Å². The largest absolute Gasteiger partial charge is 0.473 e. The first-order chi connectivity index (χ1) is 8.92. The zero-order valence-corrected chi connectivity index (χ0v) is 12.0. The molecular weight excluding hydrogens is 244 g/mol. The third-order valence-corrected chi connectivity index (χ3v) is 3.07. The third kappa shape index (κ3) is 2.89. The Balaban J connectivity index is 2.34. The molecule has 0 aliphatic carbocycles. The van der Waals surface area contributed by atoms with Crippen LogP contribution >= 0.6 is 0 Å². The van der Waals surface area contributed by atoms with Crippen molar-refractivity contribution in [2.24, 2.45) is 0 Å². The van der Waals surface area contributed by atoms with Crippen LogP contribution in [0.15, 0.2) is 6.33 Å². The Morgan fingerprint density at radius 1 is 1.42 bits per heavy atom. The van der Waals surface area contributed by atoms with Crippen LogP contribution in [0.3, 0.4) is 0 Å². The molecule has 19 heavy (non-hydrogen) atoms. The SMILES string of the molecule is CC(C)Oc1ncnc(N2CCOCC2(C)C)c1N. The molecule has 0 saturated carbocycles. The second-order valence-corrected chi connectivity index (χ2v) is 5.60. The molecule has 2 rings (SSSR count). The van der Waals surface area contributed by atoms with Gasteiger partial charge in [-0.2, -0.15) is 4.98 Å². The molecule has 1 aromatic heterocycles. The lowest BCUT2D eigenvalue weighted by atomic mass is 10.0. The van der Waals surface area contributed by atoms with Crippen molar-refractivity contribution in [3.05, 3.63) is 6.33 Å². The minimum absolute atomic E-state index is 0.0303. The van der Waals surface area contributed by atoms with Crippen LogP contribution in [0.25, 0.3) is 0 Å². The zero-order chi connectivity index (χ0) is 14.0. The van der Waals surface area contributed by atoms with E-state index in [1.165, 1.54) is 6.33 Å². The van der Waals surface area contributed by atoms with E-state index >= 15 is 0 Å². The first-order valence-corrected chi connectivity index (χ1v) is 6.54. The van der Waals surface area contributed by atoms with Crippen LogP contribution in [0.1, 0.15) is 27.7 Å². The molecule has 1 fully saturated rings. The number of aromatic nitrogens is 2. The van der Waals surface area contributed by atoms with Gasteiger partial charge in [0, 0.05) is 6.54 Å². The summed E-state index contributed by atoms with van der Waals surface area (Å²) in [7, 11) is 0. The van der Waals surface area contributed by atoms with E-state index in [1.54, 1.807) is 0 Å². The highest BCUT2D eigenvalue weighted by atomic mass is 16.5. The van der Waals surface area contributed by atoms with Gasteiger partial charge in [0.25, 0.3) is 0 Å². The highest BCUT2D eigenvalue weighted by Gasteiger charge is 2.33. The Morgan fingerprint density at radius 2 is 2.16 bits per heavy atom. The molecule has 6 heteroatoms. The molecular formula is C13H22N4O2. The third-order valence-electron chi connectivity index (χ3n) is 3.07. The lowest BCUT2D eigenvalue weighted by Crippen LogP contribution is -2.53. The average molecular weight is 266 g/mol. The Hall–Kier alpha value is -1.56. The molecule has 1 aromatic rings. The molecule has 0 bridgehead atoms. The molecule has 0 amide bonds. The fraction of sp³-hybridized carbons (Fsp3) is 0.692. The van der Waals surface area contributed by atoms with Crippen LogP contribution in [-0.2, 0) is 4.74 Å². The van der Waals surface area contributed by atoms with Crippen molar-refractivity contribution >= 4 is 11.5 Å². The quantitative estimate of drug-likeness (QED) is 0.893. The van der Waals surface area contributed by atoms with Gasteiger partial charge in [0.1, 0.15) is 12.0 Å². The summed E-state index contributed by atoms with van der Waals surface area (Å²) in [5, 5.41) is 0. The lowest BCUT2D eigenvalue weighted by molar-refractivity contribution is 0.0639. The lowest BCUT2D eigenvalue weighted by Gasteiger charge is -2.43. The van der Waals surface area contributed by atoms with Crippen molar-refractivity contribution < 1.29 is 9.47 Å². The van der Waals surface area contributed by atoms with Crippen LogP contribution < -0.4 is 15.4 Å². The molecule has 6 nitrogen and oxygen atoms in total. The van der Waals surface area contributed by atoms with E-state index in [2.05, 4.69) is 28.7 Å². The minimum atomic E-state index is -0.143. The maximum absolute atomic E-state index is 6.15. The number of ether oxygens (including phenoxy) is 2. The number of nitrogen functional groups attached to an aromatic ring is 1.